The zero-order valence-corrected chi connectivity index (χ0v) is 29.1. The second kappa shape index (κ2) is 9.62. The molecule has 9 aromatic rings. The zero-order valence-electron chi connectivity index (χ0n) is 29.1. The summed E-state index contributed by atoms with van der Waals surface area (Å²) in [5.74, 6) is 0. The molecule has 2 aliphatic carbocycles. The average molecular weight is 654 g/mol. The van der Waals surface area contributed by atoms with Gasteiger partial charge in [0.1, 0.15) is 0 Å². The maximum absolute atomic E-state index is 14.3. The number of fused-ring (bicyclic) bond motifs is 11. The Morgan fingerprint density at radius 1 is 0.392 bits per heavy atom. The fraction of sp³-hybridized carbons (Fsp3) is 0.122. The molecular formula is C49H35NO. The summed E-state index contributed by atoms with van der Waals surface area (Å²) in [6, 6.07) is 50.9. The first-order valence-electron chi connectivity index (χ1n) is 18.0. The van der Waals surface area contributed by atoms with Crippen LogP contribution in [-0.2, 0) is 10.8 Å². The van der Waals surface area contributed by atoms with Crippen LogP contribution < -0.4 is 5.56 Å². The molecule has 0 spiro atoms. The lowest BCUT2D eigenvalue weighted by Crippen LogP contribution is -2.14. The van der Waals surface area contributed by atoms with E-state index in [0.717, 1.165) is 49.1 Å². The van der Waals surface area contributed by atoms with Crippen LogP contribution in [0.5, 0.6) is 0 Å². The number of nitrogens with zero attached hydrogens (tertiary/aromatic N) is 1. The van der Waals surface area contributed by atoms with E-state index >= 15 is 0 Å². The van der Waals surface area contributed by atoms with Crippen LogP contribution in [0.2, 0.25) is 0 Å². The number of aromatic nitrogens is 1. The molecule has 2 heteroatoms. The highest BCUT2D eigenvalue weighted by molar-refractivity contribution is 6.22. The van der Waals surface area contributed by atoms with Crippen molar-refractivity contribution in [1.29, 1.82) is 0 Å². The lowest BCUT2D eigenvalue weighted by Gasteiger charge is -2.22. The lowest BCUT2D eigenvalue weighted by atomic mass is 9.81. The van der Waals surface area contributed by atoms with Crippen molar-refractivity contribution in [2.24, 2.45) is 0 Å². The van der Waals surface area contributed by atoms with E-state index in [-0.39, 0.29) is 16.4 Å². The molecule has 0 amide bonds. The molecule has 2 nitrogen and oxygen atoms in total. The first-order chi connectivity index (χ1) is 24.7. The Balaban J connectivity index is 1.16. The van der Waals surface area contributed by atoms with Gasteiger partial charge in [0.05, 0.1) is 11.0 Å². The molecule has 0 bridgehead atoms. The van der Waals surface area contributed by atoms with Crippen molar-refractivity contribution >= 4 is 38.0 Å². The molecule has 2 aromatic heterocycles. The van der Waals surface area contributed by atoms with Gasteiger partial charge in [0.2, 0.25) is 0 Å². The van der Waals surface area contributed by atoms with Gasteiger partial charge in [-0.2, -0.15) is 0 Å². The molecule has 242 valence electrons. The fourth-order valence-electron chi connectivity index (χ4n) is 9.70. The van der Waals surface area contributed by atoms with Crippen molar-refractivity contribution < 1.29 is 0 Å². The Morgan fingerprint density at radius 3 is 1.47 bits per heavy atom. The van der Waals surface area contributed by atoms with Crippen molar-refractivity contribution in [2.75, 3.05) is 0 Å². The number of hydrogen-bond donors (Lipinski definition) is 0. The first kappa shape index (κ1) is 28.8. The van der Waals surface area contributed by atoms with E-state index < -0.39 is 0 Å². The lowest BCUT2D eigenvalue weighted by molar-refractivity contribution is 0.660. The third-order valence-electron chi connectivity index (χ3n) is 12.3. The van der Waals surface area contributed by atoms with Crippen molar-refractivity contribution in [1.82, 2.24) is 4.40 Å². The molecular weight excluding hydrogens is 619 g/mol. The van der Waals surface area contributed by atoms with Crippen molar-refractivity contribution in [3.05, 3.63) is 172 Å². The molecule has 7 aromatic carbocycles. The molecule has 11 rings (SSSR count). The summed E-state index contributed by atoms with van der Waals surface area (Å²) >= 11 is 0. The second-order valence-corrected chi connectivity index (χ2v) is 15.7. The number of pyridine rings is 1. The smallest absolute Gasteiger partial charge is 0.263 e. The maximum Gasteiger partial charge on any atom is 0.263 e. The van der Waals surface area contributed by atoms with E-state index in [2.05, 4.69) is 149 Å². The quantitative estimate of drug-likeness (QED) is 0.170. The van der Waals surface area contributed by atoms with E-state index in [0.29, 0.717) is 0 Å². The van der Waals surface area contributed by atoms with E-state index in [9.17, 15) is 4.79 Å². The van der Waals surface area contributed by atoms with Gasteiger partial charge >= 0.3 is 0 Å². The minimum absolute atomic E-state index is 0.0349. The standard InChI is InChI=1S/C49H35NO/c1-48(2)41-15-9-7-12-33(41)35-20-17-29(26-43(35)48)28-19-22-45-38(23-28)40-25-31(24-39-32-11-5-6-14-37(32)47(51)50(45)46(39)40)30-18-21-36-34-13-8-10-16-42(34)49(3,4)44(36)27-30/h5-27H,1-4H3. The van der Waals surface area contributed by atoms with Crippen LogP contribution >= 0.6 is 0 Å². The molecule has 0 saturated heterocycles. The number of hydrogen-bond acceptors (Lipinski definition) is 1. The van der Waals surface area contributed by atoms with Crippen LogP contribution in [0.3, 0.4) is 0 Å². The molecule has 2 aliphatic rings. The monoisotopic (exact) mass is 653 g/mol. The molecule has 0 atom stereocenters. The van der Waals surface area contributed by atoms with E-state index in [4.69, 9.17) is 0 Å². The van der Waals surface area contributed by atoms with E-state index in [1.807, 2.05) is 22.6 Å². The second-order valence-electron chi connectivity index (χ2n) is 15.7. The average Bonchev–Trinajstić information content (AvgIpc) is 3.70. The summed E-state index contributed by atoms with van der Waals surface area (Å²) in [4.78, 5) is 14.3. The van der Waals surface area contributed by atoms with E-state index in [1.165, 1.54) is 55.6 Å². The Bertz CT molecular complexity index is 3050. The molecule has 0 radical (unpaired) electrons. The predicted octanol–water partition coefficient (Wildman–Crippen LogP) is 12.1. The Kier molecular flexibility index (Phi) is 5.43. The maximum atomic E-state index is 14.3. The molecule has 0 fully saturated rings. The number of rotatable bonds is 2. The fourth-order valence-corrected chi connectivity index (χ4v) is 9.70. The summed E-state index contributed by atoms with van der Waals surface area (Å²) in [7, 11) is 0. The minimum atomic E-state index is -0.0873. The van der Waals surface area contributed by atoms with Crippen LogP contribution in [-0.4, -0.2) is 4.40 Å². The highest BCUT2D eigenvalue weighted by Crippen LogP contribution is 2.51. The van der Waals surface area contributed by atoms with Crippen LogP contribution in [0.25, 0.3) is 82.5 Å². The zero-order chi connectivity index (χ0) is 34.4. The highest BCUT2D eigenvalue weighted by atomic mass is 16.1. The summed E-state index contributed by atoms with van der Waals surface area (Å²) in [6.07, 6.45) is 0. The molecule has 51 heavy (non-hydrogen) atoms. The van der Waals surface area contributed by atoms with Gasteiger partial charge in [-0.05, 0) is 115 Å². The van der Waals surface area contributed by atoms with Gasteiger partial charge < -0.3 is 0 Å². The van der Waals surface area contributed by atoms with Gasteiger partial charge in [-0.25, -0.2) is 0 Å². The third-order valence-corrected chi connectivity index (χ3v) is 12.3. The summed E-state index contributed by atoms with van der Waals surface area (Å²) in [6.45, 7) is 9.34. The predicted molar refractivity (Wildman–Crippen MR) is 213 cm³/mol. The van der Waals surface area contributed by atoms with Gasteiger partial charge in [0.25, 0.3) is 5.56 Å². The van der Waals surface area contributed by atoms with Gasteiger partial charge in [-0.3, -0.25) is 9.20 Å². The van der Waals surface area contributed by atoms with Gasteiger partial charge in [0.15, 0.2) is 0 Å². The molecule has 0 saturated carbocycles. The minimum Gasteiger partial charge on any atom is -0.275 e. The van der Waals surface area contributed by atoms with Crippen molar-refractivity contribution in [2.45, 2.75) is 38.5 Å². The van der Waals surface area contributed by atoms with Crippen LogP contribution in [0.1, 0.15) is 49.9 Å². The van der Waals surface area contributed by atoms with Gasteiger partial charge in [-0.1, -0.05) is 125 Å². The molecule has 0 aliphatic heterocycles. The largest absolute Gasteiger partial charge is 0.275 e. The highest BCUT2D eigenvalue weighted by Gasteiger charge is 2.36. The first-order valence-corrected chi connectivity index (χ1v) is 18.0. The Hall–Kier alpha value is -5.99. The summed E-state index contributed by atoms with van der Waals surface area (Å²) in [5.41, 5.74) is 17.3. The molecule has 0 N–H and O–H groups in total. The van der Waals surface area contributed by atoms with Gasteiger partial charge in [0, 0.05) is 32.4 Å². The van der Waals surface area contributed by atoms with Crippen LogP contribution in [0.15, 0.2) is 144 Å². The SMILES string of the molecule is CC1(C)c2ccccc2-c2ccc(-c3ccc4c(c3)c3cc(-c5ccc6c(c5)C(C)(C)c5ccccc5-6)cc5c6ccccc6c(=O)n4c53)cc21. The molecule has 0 unspecified atom stereocenters. The third kappa shape index (κ3) is 3.64. The number of benzene rings is 7. The Morgan fingerprint density at radius 2 is 0.843 bits per heavy atom. The summed E-state index contributed by atoms with van der Waals surface area (Å²) < 4.78 is 1.96. The topological polar surface area (TPSA) is 21.5 Å². The molecule has 2 heterocycles. The normalized spacial score (nSPS) is 15.1. The summed E-state index contributed by atoms with van der Waals surface area (Å²) in [5, 5.41) is 5.06. The van der Waals surface area contributed by atoms with Gasteiger partial charge in [-0.15, -0.1) is 0 Å². The Labute approximate surface area is 296 Å². The van der Waals surface area contributed by atoms with E-state index in [1.54, 1.807) is 0 Å². The van der Waals surface area contributed by atoms with Crippen LogP contribution in [0, 0.1) is 0 Å². The van der Waals surface area contributed by atoms with Crippen molar-refractivity contribution in [3.63, 3.8) is 0 Å². The van der Waals surface area contributed by atoms with Crippen LogP contribution in [0.4, 0.5) is 0 Å². The van der Waals surface area contributed by atoms with Crippen molar-refractivity contribution in [3.8, 4) is 44.5 Å².